The van der Waals surface area contributed by atoms with E-state index in [-0.39, 0.29) is 22.8 Å². The molecule has 0 fully saturated rings. The maximum absolute atomic E-state index is 13.7. The highest BCUT2D eigenvalue weighted by Crippen LogP contribution is 2.42. The van der Waals surface area contributed by atoms with Gasteiger partial charge in [-0.3, -0.25) is 0 Å². The highest BCUT2D eigenvalue weighted by molar-refractivity contribution is 5.87. The molecule has 106 valence electrons. The number of carboxylic acids is 1. The molecule has 0 saturated heterocycles. The van der Waals surface area contributed by atoms with Gasteiger partial charge in [0.05, 0.1) is 14.2 Å². The number of hydrogen-bond acceptors (Lipinski definition) is 5. The zero-order chi connectivity index (χ0) is 14.9. The second-order valence-corrected chi connectivity index (χ2v) is 3.66. The van der Waals surface area contributed by atoms with Crippen LogP contribution in [0.5, 0.6) is 11.5 Å². The Bertz CT molecular complexity index is 640. The van der Waals surface area contributed by atoms with Crippen molar-refractivity contribution in [2.24, 2.45) is 0 Å². The van der Waals surface area contributed by atoms with Crippen molar-refractivity contribution in [3.63, 3.8) is 0 Å². The maximum atomic E-state index is 13.7. The van der Waals surface area contributed by atoms with Gasteiger partial charge in [-0.2, -0.15) is 0 Å². The molecule has 0 aliphatic rings. The Morgan fingerprint density at radius 1 is 1.20 bits per heavy atom. The highest BCUT2D eigenvalue weighted by atomic mass is 19.1. The molecule has 0 aliphatic carbocycles. The van der Waals surface area contributed by atoms with Crippen molar-refractivity contribution in [2.75, 3.05) is 14.2 Å². The Morgan fingerprint density at radius 3 is 2.15 bits per heavy atom. The van der Waals surface area contributed by atoms with E-state index in [1.54, 1.807) is 0 Å². The summed E-state index contributed by atoms with van der Waals surface area (Å²) >= 11 is 0. The molecular formula is C12H9F2NO5. The largest absolute Gasteiger partial charge is 0.493 e. The molecule has 1 N–H and O–H groups in total. The van der Waals surface area contributed by atoms with Crippen molar-refractivity contribution in [3.05, 3.63) is 29.5 Å². The van der Waals surface area contributed by atoms with E-state index >= 15 is 0 Å². The normalized spacial score (nSPS) is 10.4. The number of nitrogens with zero attached hydrogens (tertiary/aromatic N) is 1. The first-order valence-corrected chi connectivity index (χ1v) is 5.30. The summed E-state index contributed by atoms with van der Waals surface area (Å²) in [5.74, 6) is -4.15. The van der Waals surface area contributed by atoms with Crippen molar-refractivity contribution in [1.29, 1.82) is 0 Å². The van der Waals surface area contributed by atoms with Gasteiger partial charge in [-0.05, 0) is 0 Å². The SMILES string of the molecule is COc1c(F)cc(F)c(OC)c1-c1cc(C(=O)O)no1. The lowest BCUT2D eigenvalue weighted by Gasteiger charge is -2.12. The second-order valence-electron chi connectivity index (χ2n) is 3.66. The number of methoxy groups -OCH3 is 2. The number of ether oxygens (including phenoxy) is 2. The average Bonchev–Trinajstić information content (AvgIpc) is 2.87. The van der Waals surface area contributed by atoms with Gasteiger partial charge in [0.2, 0.25) is 0 Å². The molecule has 0 atom stereocenters. The third-order valence-electron chi connectivity index (χ3n) is 2.53. The molecule has 8 heteroatoms. The summed E-state index contributed by atoms with van der Waals surface area (Å²) in [5, 5.41) is 12.0. The quantitative estimate of drug-likeness (QED) is 0.928. The Morgan fingerprint density at radius 2 is 1.75 bits per heavy atom. The molecule has 0 radical (unpaired) electrons. The van der Waals surface area contributed by atoms with Crippen LogP contribution in [-0.4, -0.2) is 30.5 Å². The zero-order valence-electron chi connectivity index (χ0n) is 10.4. The van der Waals surface area contributed by atoms with Crippen LogP contribution in [0.4, 0.5) is 8.78 Å². The van der Waals surface area contributed by atoms with Crippen molar-refractivity contribution < 1.29 is 32.7 Å². The Labute approximate surface area is 111 Å². The minimum Gasteiger partial charge on any atom is -0.493 e. The van der Waals surface area contributed by atoms with Crippen LogP contribution in [0.15, 0.2) is 16.7 Å². The Balaban J connectivity index is 2.72. The third-order valence-corrected chi connectivity index (χ3v) is 2.53. The van der Waals surface area contributed by atoms with Gasteiger partial charge in [-0.1, -0.05) is 5.16 Å². The number of aromatic nitrogens is 1. The Hall–Kier alpha value is -2.64. The maximum Gasteiger partial charge on any atom is 0.358 e. The van der Waals surface area contributed by atoms with Gasteiger partial charge >= 0.3 is 5.97 Å². The van der Waals surface area contributed by atoms with Crippen LogP contribution in [0.3, 0.4) is 0 Å². The lowest BCUT2D eigenvalue weighted by Crippen LogP contribution is -1.99. The van der Waals surface area contributed by atoms with Gasteiger partial charge in [-0.25, -0.2) is 13.6 Å². The first-order valence-electron chi connectivity index (χ1n) is 5.30. The van der Waals surface area contributed by atoms with Gasteiger partial charge in [0.1, 0.15) is 5.56 Å². The fraction of sp³-hybridized carbons (Fsp3) is 0.167. The van der Waals surface area contributed by atoms with Crippen molar-refractivity contribution in [1.82, 2.24) is 5.16 Å². The van der Waals surface area contributed by atoms with Crippen LogP contribution in [0.2, 0.25) is 0 Å². The molecule has 0 saturated carbocycles. The van der Waals surface area contributed by atoms with Gasteiger partial charge in [0.25, 0.3) is 0 Å². The monoisotopic (exact) mass is 285 g/mol. The molecular weight excluding hydrogens is 276 g/mol. The fourth-order valence-corrected chi connectivity index (χ4v) is 1.70. The van der Waals surface area contributed by atoms with Crippen LogP contribution in [0, 0.1) is 11.6 Å². The number of aromatic carboxylic acids is 1. The van der Waals surface area contributed by atoms with Gasteiger partial charge < -0.3 is 19.1 Å². The van der Waals surface area contributed by atoms with Crippen molar-refractivity contribution >= 4 is 5.97 Å². The number of carbonyl (C=O) groups is 1. The third kappa shape index (κ3) is 2.15. The van der Waals surface area contributed by atoms with Crippen LogP contribution in [0.1, 0.15) is 10.5 Å². The molecule has 0 spiro atoms. The molecule has 1 aromatic carbocycles. The molecule has 1 aromatic heterocycles. The molecule has 2 rings (SSSR count). The van der Waals surface area contributed by atoms with Crippen LogP contribution in [0.25, 0.3) is 11.3 Å². The smallest absolute Gasteiger partial charge is 0.358 e. The summed E-state index contributed by atoms with van der Waals surface area (Å²) in [6.07, 6.45) is 0. The molecule has 0 unspecified atom stereocenters. The zero-order valence-corrected chi connectivity index (χ0v) is 10.4. The second kappa shape index (κ2) is 5.16. The fourth-order valence-electron chi connectivity index (χ4n) is 1.70. The molecule has 0 amide bonds. The van der Waals surface area contributed by atoms with E-state index in [4.69, 9.17) is 19.1 Å². The minimum atomic E-state index is -1.34. The van der Waals surface area contributed by atoms with Crippen molar-refractivity contribution in [3.8, 4) is 22.8 Å². The number of hydrogen-bond donors (Lipinski definition) is 1. The van der Waals surface area contributed by atoms with E-state index in [0.29, 0.717) is 6.07 Å². The first-order chi connectivity index (χ1) is 9.49. The van der Waals surface area contributed by atoms with Crippen LogP contribution >= 0.6 is 0 Å². The van der Waals surface area contributed by atoms with E-state index in [1.165, 1.54) is 14.2 Å². The lowest BCUT2D eigenvalue weighted by molar-refractivity contribution is 0.0686. The van der Waals surface area contributed by atoms with Crippen LogP contribution in [-0.2, 0) is 0 Å². The summed E-state index contributed by atoms with van der Waals surface area (Å²) < 4.78 is 41.8. The van der Waals surface area contributed by atoms with E-state index < -0.39 is 23.3 Å². The average molecular weight is 285 g/mol. The predicted octanol–water partition coefficient (Wildman–Crippen LogP) is 2.34. The lowest BCUT2D eigenvalue weighted by atomic mass is 10.1. The molecule has 6 nitrogen and oxygen atoms in total. The summed E-state index contributed by atoms with van der Waals surface area (Å²) in [6, 6.07) is 1.61. The molecule has 0 bridgehead atoms. The molecule has 2 aromatic rings. The summed E-state index contributed by atoms with van der Waals surface area (Å²) in [4.78, 5) is 10.8. The van der Waals surface area contributed by atoms with E-state index in [0.717, 1.165) is 6.07 Å². The number of carboxylic acid groups (broad SMARTS) is 1. The van der Waals surface area contributed by atoms with Crippen molar-refractivity contribution in [2.45, 2.75) is 0 Å². The summed E-state index contributed by atoms with van der Waals surface area (Å²) in [5.41, 5.74) is -0.596. The standard InChI is InChI=1S/C12H9F2NO5/c1-18-10-5(13)3-6(14)11(19-2)9(10)8-4-7(12(16)17)15-20-8/h3-4H,1-2H3,(H,16,17). The molecule has 1 heterocycles. The van der Waals surface area contributed by atoms with Crippen LogP contribution < -0.4 is 9.47 Å². The summed E-state index contributed by atoms with van der Waals surface area (Å²) in [6.45, 7) is 0. The van der Waals surface area contributed by atoms with E-state index in [1.807, 2.05) is 0 Å². The number of rotatable bonds is 4. The van der Waals surface area contributed by atoms with E-state index in [9.17, 15) is 13.6 Å². The number of halogens is 2. The molecule has 20 heavy (non-hydrogen) atoms. The predicted molar refractivity (Wildman–Crippen MR) is 61.9 cm³/mol. The minimum absolute atomic E-state index is 0.186. The van der Waals surface area contributed by atoms with E-state index in [2.05, 4.69) is 5.16 Å². The molecule has 0 aliphatic heterocycles. The topological polar surface area (TPSA) is 81.8 Å². The highest BCUT2D eigenvalue weighted by Gasteiger charge is 2.25. The summed E-state index contributed by atoms with van der Waals surface area (Å²) in [7, 11) is 2.35. The van der Waals surface area contributed by atoms with Gasteiger partial charge in [0.15, 0.2) is 34.6 Å². The van der Waals surface area contributed by atoms with Gasteiger partial charge in [-0.15, -0.1) is 0 Å². The number of benzene rings is 1. The first kappa shape index (κ1) is 13.8. The van der Waals surface area contributed by atoms with Gasteiger partial charge in [0, 0.05) is 12.1 Å². The Kier molecular flexibility index (Phi) is 3.55.